The first kappa shape index (κ1) is 24.3. The highest BCUT2D eigenvalue weighted by Crippen LogP contribution is 2.22. The Morgan fingerprint density at radius 1 is 0.750 bits per heavy atom. The summed E-state index contributed by atoms with van der Waals surface area (Å²) in [7, 11) is 0. The van der Waals surface area contributed by atoms with Crippen molar-refractivity contribution in [2.24, 2.45) is 0 Å². The van der Waals surface area contributed by atoms with Gasteiger partial charge in [0.05, 0.1) is 0 Å². The number of hydrogen-bond donors (Lipinski definition) is 0. The van der Waals surface area contributed by atoms with E-state index in [2.05, 4.69) is 23.7 Å². The summed E-state index contributed by atoms with van der Waals surface area (Å²) in [5, 5.41) is 0. The number of allylic oxidation sites excluding steroid dienone is 2. The molecule has 0 amide bonds. The molecule has 2 rings (SSSR count). The van der Waals surface area contributed by atoms with Gasteiger partial charge in [0.15, 0.2) is 11.6 Å². The predicted octanol–water partition coefficient (Wildman–Crippen LogP) is 4.97. The van der Waals surface area contributed by atoms with Crippen LogP contribution >= 0.6 is 0 Å². The maximum atomic E-state index is 11.2. The van der Waals surface area contributed by atoms with Crippen molar-refractivity contribution in [3.8, 4) is 35.2 Å². The van der Waals surface area contributed by atoms with E-state index in [1.807, 2.05) is 50.2 Å². The van der Waals surface area contributed by atoms with Gasteiger partial charge in [0.1, 0.15) is 24.7 Å². The van der Waals surface area contributed by atoms with Crippen molar-refractivity contribution in [3.63, 3.8) is 0 Å². The maximum Gasteiger partial charge on any atom is 0.152 e. The van der Waals surface area contributed by atoms with Gasteiger partial charge in [0.2, 0.25) is 0 Å². The minimum atomic E-state index is -0.0256. The van der Waals surface area contributed by atoms with Crippen molar-refractivity contribution >= 4 is 23.7 Å². The first-order chi connectivity index (χ1) is 15.3. The van der Waals surface area contributed by atoms with Crippen LogP contribution in [-0.4, -0.2) is 24.8 Å². The molecule has 2 aromatic carbocycles. The van der Waals surface area contributed by atoms with Gasteiger partial charge in [-0.15, -0.1) is 0 Å². The van der Waals surface area contributed by atoms with Gasteiger partial charge in [-0.1, -0.05) is 23.3 Å². The summed E-state index contributed by atoms with van der Waals surface area (Å²) in [6.07, 6.45) is 6.49. The summed E-state index contributed by atoms with van der Waals surface area (Å²) in [4.78, 5) is 22.4. The molecular weight excluding hydrogens is 400 g/mol. The topological polar surface area (TPSA) is 52.6 Å². The molecule has 0 radical (unpaired) electrons. The number of hydrogen-bond acceptors (Lipinski definition) is 4. The maximum absolute atomic E-state index is 11.2. The molecule has 4 heteroatoms. The third-order valence-corrected chi connectivity index (χ3v) is 4.16. The van der Waals surface area contributed by atoms with Gasteiger partial charge in [-0.2, -0.15) is 0 Å². The van der Waals surface area contributed by atoms with Crippen molar-refractivity contribution in [2.75, 3.05) is 13.2 Å². The third kappa shape index (κ3) is 8.78. The molecule has 0 spiro atoms. The summed E-state index contributed by atoms with van der Waals surface area (Å²) in [6, 6.07) is 11.5. The molecule has 0 atom stereocenters. The van der Waals surface area contributed by atoms with Crippen LogP contribution in [0.4, 0.5) is 0 Å². The monoisotopic (exact) mass is 426 g/mol. The minimum absolute atomic E-state index is 0.0256. The number of ketones is 2. The highest BCUT2D eigenvalue weighted by atomic mass is 16.5. The van der Waals surface area contributed by atoms with E-state index in [0.717, 1.165) is 22.3 Å². The molecule has 0 unspecified atom stereocenters. The number of ether oxygens (including phenoxy) is 2. The second-order valence-electron chi connectivity index (χ2n) is 7.15. The van der Waals surface area contributed by atoms with Crippen molar-refractivity contribution < 1.29 is 19.1 Å². The largest absolute Gasteiger partial charge is 0.480 e. The zero-order chi connectivity index (χ0) is 23.3. The van der Waals surface area contributed by atoms with Crippen molar-refractivity contribution in [2.45, 2.75) is 27.7 Å². The summed E-state index contributed by atoms with van der Waals surface area (Å²) >= 11 is 0. The number of carbonyl (C=O) groups excluding carboxylic acids is 2. The van der Waals surface area contributed by atoms with Gasteiger partial charge in [-0.25, -0.2) is 0 Å². The fourth-order valence-corrected chi connectivity index (χ4v) is 2.66. The quantitative estimate of drug-likeness (QED) is 0.442. The fraction of sp³-hybridized carbons (Fsp3) is 0.214. The molecule has 0 aliphatic carbocycles. The fourth-order valence-electron chi connectivity index (χ4n) is 2.66. The van der Waals surface area contributed by atoms with Gasteiger partial charge in [0, 0.05) is 11.1 Å². The summed E-state index contributed by atoms with van der Waals surface area (Å²) in [5.74, 6) is 12.4. The van der Waals surface area contributed by atoms with E-state index in [1.165, 1.54) is 26.0 Å². The second kappa shape index (κ2) is 12.6. The molecular formula is C28H26O4. The number of carbonyl (C=O) groups is 2. The standard InChI is InChI=1S/C28H26O4/c1-21-9-15-27(25(19-21)13-11-23(3)29)31-17-7-5-6-8-18-32-28-16-10-22(2)20-26(28)14-12-24(4)30/h9-16,19-20H,17-18H2,1-4H3/b13-11+,14-12+. The number of benzene rings is 2. The Bertz CT molecular complexity index is 1070. The first-order valence-electron chi connectivity index (χ1n) is 10.1. The van der Waals surface area contributed by atoms with Crippen LogP contribution < -0.4 is 9.47 Å². The second-order valence-corrected chi connectivity index (χ2v) is 7.15. The number of aryl methyl sites for hydroxylation is 2. The molecule has 0 N–H and O–H groups in total. The Morgan fingerprint density at radius 3 is 1.53 bits per heavy atom. The molecule has 32 heavy (non-hydrogen) atoms. The summed E-state index contributed by atoms with van der Waals surface area (Å²) in [6.45, 7) is 7.32. The Hall–Kier alpha value is -4.02. The van der Waals surface area contributed by atoms with Crippen LogP contribution in [0.1, 0.15) is 36.1 Å². The van der Waals surface area contributed by atoms with E-state index in [0.29, 0.717) is 11.5 Å². The van der Waals surface area contributed by atoms with Crippen molar-refractivity contribution in [1.29, 1.82) is 0 Å². The molecule has 0 saturated carbocycles. The summed E-state index contributed by atoms with van der Waals surface area (Å²) < 4.78 is 11.4. The Morgan fingerprint density at radius 2 is 1.16 bits per heavy atom. The lowest BCUT2D eigenvalue weighted by atomic mass is 10.1. The van der Waals surface area contributed by atoms with Gasteiger partial charge < -0.3 is 9.47 Å². The first-order valence-corrected chi connectivity index (χ1v) is 10.1. The van der Waals surface area contributed by atoms with Crippen LogP contribution in [0.3, 0.4) is 0 Å². The zero-order valence-corrected chi connectivity index (χ0v) is 18.8. The van der Waals surface area contributed by atoms with Crippen molar-refractivity contribution in [1.82, 2.24) is 0 Å². The molecule has 0 aromatic heterocycles. The van der Waals surface area contributed by atoms with E-state index in [9.17, 15) is 9.59 Å². The third-order valence-electron chi connectivity index (χ3n) is 4.16. The van der Waals surface area contributed by atoms with Gasteiger partial charge in [-0.05, 0) is 99.9 Å². The lowest BCUT2D eigenvalue weighted by Crippen LogP contribution is -1.97. The van der Waals surface area contributed by atoms with Crippen LogP contribution in [0.25, 0.3) is 12.2 Å². The number of rotatable bonds is 8. The van der Waals surface area contributed by atoms with E-state index < -0.39 is 0 Å². The predicted molar refractivity (Wildman–Crippen MR) is 128 cm³/mol. The lowest BCUT2D eigenvalue weighted by molar-refractivity contribution is -0.113. The van der Waals surface area contributed by atoms with Crippen LogP contribution in [0.5, 0.6) is 11.5 Å². The average molecular weight is 427 g/mol. The van der Waals surface area contributed by atoms with Gasteiger partial charge in [-0.3, -0.25) is 9.59 Å². The zero-order valence-electron chi connectivity index (χ0n) is 18.8. The lowest BCUT2D eigenvalue weighted by Gasteiger charge is -2.07. The smallest absolute Gasteiger partial charge is 0.152 e. The molecule has 0 aliphatic heterocycles. The minimum Gasteiger partial charge on any atom is -0.480 e. The molecule has 0 aliphatic rings. The van der Waals surface area contributed by atoms with Crippen LogP contribution in [0.15, 0.2) is 48.6 Å². The van der Waals surface area contributed by atoms with E-state index in [4.69, 9.17) is 9.47 Å². The SMILES string of the molecule is CC(=O)/C=C/c1cc(C)ccc1OCC#CC#CCOc1ccc(C)cc1/C=C/C(C)=O. The molecule has 0 saturated heterocycles. The molecule has 162 valence electrons. The van der Waals surface area contributed by atoms with Gasteiger partial charge >= 0.3 is 0 Å². The molecule has 0 bridgehead atoms. The van der Waals surface area contributed by atoms with E-state index in [-0.39, 0.29) is 24.8 Å². The highest BCUT2D eigenvalue weighted by molar-refractivity contribution is 5.92. The average Bonchev–Trinajstić information content (AvgIpc) is 2.74. The molecule has 0 fully saturated rings. The van der Waals surface area contributed by atoms with Crippen molar-refractivity contribution in [3.05, 3.63) is 70.8 Å². The molecule has 2 aromatic rings. The van der Waals surface area contributed by atoms with Gasteiger partial charge in [0.25, 0.3) is 0 Å². The summed E-state index contributed by atoms with van der Waals surface area (Å²) in [5.41, 5.74) is 3.81. The Balaban J connectivity index is 1.92. The Kier molecular flexibility index (Phi) is 9.57. The normalized spacial score (nSPS) is 10.2. The van der Waals surface area contributed by atoms with Crippen LogP contribution in [0.2, 0.25) is 0 Å². The van der Waals surface area contributed by atoms with Crippen LogP contribution in [0, 0.1) is 37.5 Å². The van der Waals surface area contributed by atoms with E-state index >= 15 is 0 Å². The highest BCUT2D eigenvalue weighted by Gasteiger charge is 2.02. The molecule has 4 nitrogen and oxygen atoms in total. The Labute approximate surface area is 189 Å². The molecule has 0 heterocycles. The van der Waals surface area contributed by atoms with E-state index in [1.54, 1.807) is 12.2 Å². The van der Waals surface area contributed by atoms with Crippen LogP contribution in [-0.2, 0) is 9.59 Å².